The minimum Gasteiger partial charge on any atom is -0.480 e. The molecule has 0 saturated heterocycles. The zero-order chi connectivity index (χ0) is 14.8. The van der Waals surface area contributed by atoms with Gasteiger partial charge in [0.2, 0.25) is 5.76 Å². The van der Waals surface area contributed by atoms with Crippen LogP contribution in [-0.4, -0.2) is 11.1 Å². The monoisotopic (exact) mass is 283 g/mol. The highest BCUT2D eigenvalue weighted by Gasteiger charge is 2.16. The molecule has 0 aliphatic carbocycles. The van der Waals surface area contributed by atoms with Gasteiger partial charge in [-0.15, -0.1) is 0 Å². The lowest BCUT2D eigenvalue weighted by Crippen LogP contribution is -1.95. The zero-order valence-electron chi connectivity index (χ0n) is 10.7. The fourth-order valence-electron chi connectivity index (χ4n) is 1.95. The smallest absolute Gasteiger partial charge is 0.338 e. The van der Waals surface area contributed by atoms with Crippen LogP contribution in [0.15, 0.2) is 45.4 Å². The molecule has 2 heterocycles. The Balaban J connectivity index is 1.87. The molecule has 3 rings (SSSR count). The summed E-state index contributed by atoms with van der Waals surface area (Å²) >= 11 is 0. The predicted molar refractivity (Wildman–Crippen MR) is 70.9 cm³/mol. The van der Waals surface area contributed by atoms with Crippen LogP contribution in [0.5, 0.6) is 5.75 Å². The molecule has 1 N–H and O–H groups in total. The number of aromatic carboxylic acids is 1. The van der Waals surface area contributed by atoms with E-state index in [-0.39, 0.29) is 17.9 Å². The van der Waals surface area contributed by atoms with Crippen LogP contribution in [0.4, 0.5) is 0 Å². The van der Waals surface area contributed by atoms with Crippen LogP contribution in [0, 0.1) is 11.3 Å². The highest BCUT2D eigenvalue weighted by Crippen LogP contribution is 2.33. The number of para-hydroxylation sites is 1. The molecule has 21 heavy (non-hydrogen) atoms. The lowest BCUT2D eigenvalue weighted by Gasteiger charge is -2.01. The molecule has 0 spiro atoms. The second kappa shape index (κ2) is 5.06. The molecule has 0 bridgehead atoms. The topological polar surface area (TPSA) is 96.6 Å². The fourth-order valence-corrected chi connectivity index (χ4v) is 1.95. The van der Waals surface area contributed by atoms with Gasteiger partial charge in [0.25, 0.3) is 0 Å². The van der Waals surface area contributed by atoms with E-state index in [4.69, 9.17) is 23.9 Å². The number of furan rings is 2. The van der Waals surface area contributed by atoms with Crippen LogP contribution in [0.25, 0.3) is 11.0 Å². The molecule has 0 atom stereocenters. The second-order valence-corrected chi connectivity index (χ2v) is 4.26. The number of hydrogen-bond acceptors (Lipinski definition) is 5. The van der Waals surface area contributed by atoms with Gasteiger partial charge in [-0.2, -0.15) is 5.26 Å². The normalized spacial score (nSPS) is 10.4. The summed E-state index contributed by atoms with van der Waals surface area (Å²) in [4.78, 5) is 10.8. The van der Waals surface area contributed by atoms with Crippen molar-refractivity contribution in [3.63, 3.8) is 0 Å². The minimum absolute atomic E-state index is 0.00544. The largest absolute Gasteiger partial charge is 0.480 e. The number of hydrogen-bond donors (Lipinski definition) is 1. The third-order valence-electron chi connectivity index (χ3n) is 2.91. The maximum atomic E-state index is 10.8. The van der Waals surface area contributed by atoms with Gasteiger partial charge in [0.05, 0.1) is 10.9 Å². The Morgan fingerprint density at radius 1 is 1.38 bits per heavy atom. The number of nitriles is 1. The SMILES string of the molecule is N#Cc1oc2ccccc2c1OCc1cc(C(=O)O)co1. The van der Waals surface area contributed by atoms with E-state index in [1.54, 1.807) is 24.3 Å². The number of benzene rings is 1. The quantitative estimate of drug-likeness (QED) is 0.789. The number of carboxylic acid groups (broad SMARTS) is 1. The molecule has 0 saturated carbocycles. The summed E-state index contributed by atoms with van der Waals surface area (Å²) in [6.07, 6.45) is 1.14. The van der Waals surface area contributed by atoms with Crippen LogP contribution in [-0.2, 0) is 6.61 Å². The molecule has 0 aliphatic rings. The van der Waals surface area contributed by atoms with E-state index in [1.807, 2.05) is 6.07 Å². The first-order chi connectivity index (χ1) is 10.2. The van der Waals surface area contributed by atoms with Crippen molar-refractivity contribution in [3.05, 3.63) is 53.7 Å². The summed E-state index contributed by atoms with van der Waals surface area (Å²) in [5, 5.41) is 18.6. The van der Waals surface area contributed by atoms with Gasteiger partial charge in [-0.1, -0.05) is 12.1 Å². The average Bonchev–Trinajstić information content (AvgIpc) is 3.09. The van der Waals surface area contributed by atoms with Crippen LogP contribution < -0.4 is 4.74 Å². The third kappa shape index (κ3) is 2.32. The summed E-state index contributed by atoms with van der Waals surface area (Å²) in [5.74, 6) is -0.333. The Bertz CT molecular complexity index is 852. The van der Waals surface area contributed by atoms with Gasteiger partial charge in [-0.05, 0) is 18.2 Å². The van der Waals surface area contributed by atoms with Crippen molar-refractivity contribution in [2.45, 2.75) is 6.61 Å². The van der Waals surface area contributed by atoms with Crippen molar-refractivity contribution in [1.29, 1.82) is 5.26 Å². The van der Waals surface area contributed by atoms with Gasteiger partial charge in [0, 0.05) is 0 Å². The van der Waals surface area contributed by atoms with Crippen molar-refractivity contribution < 1.29 is 23.5 Å². The van der Waals surface area contributed by atoms with Crippen LogP contribution in [0.3, 0.4) is 0 Å². The first-order valence-electron chi connectivity index (χ1n) is 6.04. The van der Waals surface area contributed by atoms with E-state index in [0.29, 0.717) is 22.5 Å². The van der Waals surface area contributed by atoms with E-state index in [9.17, 15) is 4.79 Å². The second-order valence-electron chi connectivity index (χ2n) is 4.26. The van der Waals surface area contributed by atoms with Gasteiger partial charge in [-0.3, -0.25) is 0 Å². The number of carbonyl (C=O) groups is 1. The molecule has 0 aliphatic heterocycles. The number of fused-ring (bicyclic) bond motifs is 1. The van der Waals surface area contributed by atoms with E-state index in [1.165, 1.54) is 6.07 Å². The first-order valence-corrected chi connectivity index (χ1v) is 6.04. The number of rotatable bonds is 4. The predicted octanol–water partition coefficient (Wildman–Crippen LogP) is 3.17. The van der Waals surface area contributed by atoms with E-state index < -0.39 is 5.97 Å². The number of nitrogens with zero attached hydrogens (tertiary/aromatic N) is 1. The Morgan fingerprint density at radius 2 is 2.19 bits per heavy atom. The van der Waals surface area contributed by atoms with E-state index in [0.717, 1.165) is 6.26 Å². The molecular weight excluding hydrogens is 274 g/mol. The Labute approximate surface area is 118 Å². The van der Waals surface area contributed by atoms with Gasteiger partial charge in [-0.25, -0.2) is 4.79 Å². The lowest BCUT2D eigenvalue weighted by atomic mass is 10.2. The summed E-state index contributed by atoms with van der Waals surface area (Å²) in [7, 11) is 0. The standard InChI is InChI=1S/C15H9NO5/c16-6-13-14(11-3-1-2-4-12(11)21-13)20-8-10-5-9(7-19-10)15(17)18/h1-5,7H,8H2,(H,17,18). The van der Waals surface area contributed by atoms with Crippen LogP contribution in [0.1, 0.15) is 21.9 Å². The highest BCUT2D eigenvalue weighted by atomic mass is 16.5. The number of carboxylic acids is 1. The van der Waals surface area contributed by atoms with Crippen LogP contribution in [0.2, 0.25) is 0 Å². The third-order valence-corrected chi connectivity index (χ3v) is 2.91. The molecule has 0 fully saturated rings. The molecule has 6 heteroatoms. The maximum Gasteiger partial charge on any atom is 0.338 e. The molecule has 0 unspecified atom stereocenters. The zero-order valence-corrected chi connectivity index (χ0v) is 10.7. The Hall–Kier alpha value is -3.20. The molecular formula is C15H9NO5. The summed E-state index contributed by atoms with van der Waals surface area (Å²) in [5.41, 5.74) is 0.598. The fraction of sp³-hybridized carbons (Fsp3) is 0.0667. The minimum atomic E-state index is -1.07. The summed E-state index contributed by atoms with van der Waals surface area (Å²) in [6.45, 7) is 0.00544. The van der Waals surface area contributed by atoms with E-state index in [2.05, 4.69) is 0 Å². The van der Waals surface area contributed by atoms with Crippen molar-refractivity contribution in [2.75, 3.05) is 0 Å². The van der Waals surface area contributed by atoms with Gasteiger partial charge < -0.3 is 18.7 Å². The van der Waals surface area contributed by atoms with Crippen molar-refractivity contribution in [2.24, 2.45) is 0 Å². The number of ether oxygens (including phenoxy) is 1. The van der Waals surface area contributed by atoms with Gasteiger partial charge in [0.1, 0.15) is 30.3 Å². The Morgan fingerprint density at radius 3 is 2.90 bits per heavy atom. The Kier molecular flexibility index (Phi) is 3.09. The molecule has 104 valence electrons. The molecule has 2 aromatic heterocycles. The molecule has 0 amide bonds. The van der Waals surface area contributed by atoms with Gasteiger partial charge >= 0.3 is 5.97 Å². The highest BCUT2D eigenvalue weighted by molar-refractivity contribution is 5.87. The molecule has 0 radical (unpaired) electrons. The summed E-state index contributed by atoms with van der Waals surface area (Å²) in [6, 6.07) is 10.4. The lowest BCUT2D eigenvalue weighted by molar-refractivity contribution is 0.0696. The molecule has 6 nitrogen and oxygen atoms in total. The van der Waals surface area contributed by atoms with Crippen LogP contribution >= 0.6 is 0 Å². The van der Waals surface area contributed by atoms with Crippen molar-refractivity contribution in [3.8, 4) is 11.8 Å². The summed E-state index contributed by atoms with van der Waals surface area (Å²) < 4.78 is 16.0. The maximum absolute atomic E-state index is 10.8. The van der Waals surface area contributed by atoms with Crippen molar-refractivity contribution in [1.82, 2.24) is 0 Å². The average molecular weight is 283 g/mol. The molecule has 1 aromatic carbocycles. The van der Waals surface area contributed by atoms with Gasteiger partial charge in [0.15, 0.2) is 5.75 Å². The molecule has 3 aromatic rings. The first kappa shape index (κ1) is 12.8. The van der Waals surface area contributed by atoms with E-state index >= 15 is 0 Å². The van der Waals surface area contributed by atoms with Crippen molar-refractivity contribution >= 4 is 16.9 Å².